The standard InChI is InChI=1S/C13H11BrN6O2S/c1-8-6-11(17-22-8)15-12(21)7-23-13-16-18-19-20(13)10-4-2-9(14)3-5-10/h2-6H,7H2,1H3,(H,15,17,21). The van der Waals surface area contributed by atoms with Gasteiger partial charge >= 0.3 is 0 Å². The highest BCUT2D eigenvalue weighted by Gasteiger charge is 2.12. The Kier molecular flexibility index (Phi) is 4.72. The Morgan fingerprint density at radius 1 is 1.39 bits per heavy atom. The van der Waals surface area contributed by atoms with Crippen LogP contribution in [0.1, 0.15) is 5.76 Å². The monoisotopic (exact) mass is 394 g/mol. The van der Waals surface area contributed by atoms with Crippen LogP contribution in [0.5, 0.6) is 0 Å². The third-order valence-electron chi connectivity index (χ3n) is 2.74. The molecule has 0 radical (unpaired) electrons. The van der Waals surface area contributed by atoms with Crippen molar-refractivity contribution in [1.82, 2.24) is 25.4 Å². The first kappa shape index (κ1) is 15.7. The van der Waals surface area contributed by atoms with E-state index in [1.807, 2.05) is 24.3 Å². The minimum atomic E-state index is -0.214. The Balaban J connectivity index is 1.64. The third kappa shape index (κ3) is 3.96. The number of nitrogens with zero attached hydrogens (tertiary/aromatic N) is 5. The van der Waals surface area contributed by atoms with Crippen molar-refractivity contribution in [3.05, 3.63) is 40.6 Å². The zero-order valence-electron chi connectivity index (χ0n) is 11.9. The largest absolute Gasteiger partial charge is 0.360 e. The molecule has 1 amide bonds. The molecule has 0 aliphatic rings. The number of tetrazole rings is 1. The van der Waals surface area contributed by atoms with E-state index in [-0.39, 0.29) is 11.7 Å². The summed E-state index contributed by atoms with van der Waals surface area (Å²) in [5.41, 5.74) is 0.813. The number of aromatic nitrogens is 5. The van der Waals surface area contributed by atoms with Crippen LogP contribution in [0.15, 0.2) is 44.5 Å². The van der Waals surface area contributed by atoms with Gasteiger partial charge in [-0.1, -0.05) is 32.8 Å². The van der Waals surface area contributed by atoms with Gasteiger partial charge in [-0.2, -0.15) is 4.68 Å². The SMILES string of the molecule is Cc1cc(NC(=O)CSc2nnnn2-c2ccc(Br)cc2)no1. The van der Waals surface area contributed by atoms with Gasteiger partial charge in [0.15, 0.2) is 5.82 Å². The summed E-state index contributed by atoms with van der Waals surface area (Å²) in [7, 11) is 0. The molecule has 118 valence electrons. The van der Waals surface area contributed by atoms with Gasteiger partial charge in [-0.25, -0.2) is 0 Å². The number of hydrogen-bond donors (Lipinski definition) is 1. The number of thioether (sulfide) groups is 1. The molecule has 10 heteroatoms. The molecule has 0 saturated heterocycles. The number of halogens is 1. The lowest BCUT2D eigenvalue weighted by Crippen LogP contribution is -2.14. The van der Waals surface area contributed by atoms with E-state index in [1.165, 1.54) is 11.8 Å². The number of carbonyl (C=O) groups is 1. The second-order valence-corrected chi connectivity index (χ2v) is 6.37. The topological polar surface area (TPSA) is 98.7 Å². The number of rotatable bonds is 5. The average Bonchev–Trinajstić information content (AvgIpc) is 3.15. The van der Waals surface area contributed by atoms with Crippen LogP contribution in [0, 0.1) is 6.92 Å². The molecule has 3 rings (SSSR count). The minimum Gasteiger partial charge on any atom is -0.360 e. The molecule has 2 aromatic heterocycles. The summed E-state index contributed by atoms with van der Waals surface area (Å²) in [4.78, 5) is 11.9. The molecular formula is C13H11BrN6O2S. The lowest BCUT2D eigenvalue weighted by Gasteiger charge is -2.04. The second-order valence-electron chi connectivity index (χ2n) is 4.51. The van der Waals surface area contributed by atoms with Crippen LogP contribution in [-0.2, 0) is 4.79 Å². The number of benzene rings is 1. The predicted molar refractivity (Wildman–Crippen MR) is 87.4 cm³/mol. The molecule has 0 aliphatic carbocycles. The van der Waals surface area contributed by atoms with Gasteiger partial charge in [0.05, 0.1) is 11.4 Å². The highest BCUT2D eigenvalue weighted by atomic mass is 79.9. The summed E-state index contributed by atoms with van der Waals surface area (Å²) < 4.78 is 7.43. The molecule has 0 aliphatic heterocycles. The van der Waals surface area contributed by atoms with E-state index in [4.69, 9.17) is 4.52 Å². The molecule has 8 nitrogen and oxygen atoms in total. The smallest absolute Gasteiger partial charge is 0.236 e. The van der Waals surface area contributed by atoms with Crippen molar-refractivity contribution < 1.29 is 9.32 Å². The maximum Gasteiger partial charge on any atom is 0.236 e. The third-order valence-corrected chi connectivity index (χ3v) is 4.19. The summed E-state index contributed by atoms with van der Waals surface area (Å²) >= 11 is 4.61. The van der Waals surface area contributed by atoms with Crippen molar-refractivity contribution in [1.29, 1.82) is 0 Å². The fourth-order valence-corrected chi connectivity index (χ4v) is 2.70. The normalized spacial score (nSPS) is 10.7. The fourth-order valence-electron chi connectivity index (χ4n) is 1.75. The fraction of sp³-hybridized carbons (Fsp3) is 0.154. The van der Waals surface area contributed by atoms with Crippen LogP contribution in [0.3, 0.4) is 0 Å². The second kappa shape index (κ2) is 6.92. The molecule has 2 heterocycles. The van der Waals surface area contributed by atoms with Crippen molar-refractivity contribution in [2.75, 3.05) is 11.1 Å². The number of carbonyl (C=O) groups excluding carboxylic acids is 1. The van der Waals surface area contributed by atoms with E-state index in [1.54, 1.807) is 17.7 Å². The maximum absolute atomic E-state index is 11.9. The van der Waals surface area contributed by atoms with Crippen LogP contribution in [0.25, 0.3) is 5.69 Å². The number of anilines is 1. The Bertz CT molecular complexity index is 816. The van der Waals surface area contributed by atoms with Gasteiger partial charge in [-0.15, -0.1) is 5.10 Å². The first-order valence-electron chi connectivity index (χ1n) is 6.52. The van der Waals surface area contributed by atoms with Crippen LogP contribution in [0.2, 0.25) is 0 Å². The Hall–Kier alpha value is -2.20. The van der Waals surface area contributed by atoms with Crippen molar-refractivity contribution >= 4 is 39.4 Å². The van der Waals surface area contributed by atoms with E-state index in [0.29, 0.717) is 16.7 Å². The van der Waals surface area contributed by atoms with Crippen LogP contribution >= 0.6 is 27.7 Å². The molecule has 0 spiro atoms. The number of nitrogens with one attached hydrogen (secondary N) is 1. The number of hydrogen-bond acceptors (Lipinski definition) is 7. The summed E-state index contributed by atoms with van der Waals surface area (Å²) in [6.45, 7) is 1.75. The first-order chi connectivity index (χ1) is 11.1. The van der Waals surface area contributed by atoms with Crippen LogP contribution in [0.4, 0.5) is 5.82 Å². The summed E-state index contributed by atoms with van der Waals surface area (Å²) in [6.07, 6.45) is 0. The summed E-state index contributed by atoms with van der Waals surface area (Å²) in [6, 6.07) is 9.19. The minimum absolute atomic E-state index is 0.156. The van der Waals surface area contributed by atoms with E-state index < -0.39 is 0 Å². The molecule has 3 aromatic rings. The van der Waals surface area contributed by atoms with E-state index in [9.17, 15) is 4.79 Å². The first-order valence-corrected chi connectivity index (χ1v) is 8.30. The zero-order valence-corrected chi connectivity index (χ0v) is 14.3. The average molecular weight is 395 g/mol. The summed E-state index contributed by atoms with van der Waals surface area (Å²) in [5, 5.41) is 18.4. The zero-order chi connectivity index (χ0) is 16.2. The Morgan fingerprint density at radius 2 is 2.17 bits per heavy atom. The van der Waals surface area contributed by atoms with Gasteiger partial charge in [-0.05, 0) is 41.6 Å². The van der Waals surface area contributed by atoms with Crippen LogP contribution < -0.4 is 5.32 Å². The maximum atomic E-state index is 11.9. The molecule has 0 fully saturated rings. The van der Waals surface area contributed by atoms with Gasteiger partial charge in [0.25, 0.3) is 0 Å². The quantitative estimate of drug-likeness (QED) is 0.663. The van der Waals surface area contributed by atoms with Crippen molar-refractivity contribution in [2.45, 2.75) is 12.1 Å². The van der Waals surface area contributed by atoms with E-state index in [2.05, 4.69) is 41.9 Å². The van der Waals surface area contributed by atoms with Gasteiger partial charge in [0, 0.05) is 10.5 Å². The van der Waals surface area contributed by atoms with Gasteiger partial charge in [0.1, 0.15) is 5.76 Å². The van der Waals surface area contributed by atoms with Crippen molar-refractivity contribution in [2.24, 2.45) is 0 Å². The highest BCUT2D eigenvalue weighted by molar-refractivity contribution is 9.10. The van der Waals surface area contributed by atoms with E-state index in [0.717, 1.165) is 10.2 Å². The molecule has 0 saturated carbocycles. The van der Waals surface area contributed by atoms with Gasteiger partial charge < -0.3 is 9.84 Å². The molecule has 0 bridgehead atoms. The Morgan fingerprint density at radius 3 is 2.87 bits per heavy atom. The lowest BCUT2D eigenvalue weighted by atomic mass is 10.3. The molecular weight excluding hydrogens is 384 g/mol. The molecule has 23 heavy (non-hydrogen) atoms. The number of amides is 1. The summed E-state index contributed by atoms with van der Waals surface area (Å²) in [5.74, 6) is 0.962. The lowest BCUT2D eigenvalue weighted by molar-refractivity contribution is -0.113. The highest BCUT2D eigenvalue weighted by Crippen LogP contribution is 2.20. The van der Waals surface area contributed by atoms with E-state index >= 15 is 0 Å². The van der Waals surface area contributed by atoms with Crippen molar-refractivity contribution in [3.63, 3.8) is 0 Å². The molecule has 0 unspecified atom stereocenters. The molecule has 1 N–H and O–H groups in total. The molecule has 0 atom stereocenters. The molecule has 1 aromatic carbocycles. The number of aryl methyl sites for hydroxylation is 1. The van der Waals surface area contributed by atoms with Crippen molar-refractivity contribution in [3.8, 4) is 5.69 Å². The predicted octanol–water partition coefficient (Wildman–Crippen LogP) is 2.45. The van der Waals surface area contributed by atoms with Gasteiger partial charge in [0.2, 0.25) is 11.1 Å². The van der Waals surface area contributed by atoms with Gasteiger partial charge in [-0.3, -0.25) is 4.79 Å². The van der Waals surface area contributed by atoms with Crippen LogP contribution in [-0.4, -0.2) is 37.0 Å². The Labute approximate surface area is 143 Å².